The van der Waals surface area contributed by atoms with Crippen LogP contribution in [0.2, 0.25) is 10.0 Å². The van der Waals surface area contributed by atoms with Crippen LogP contribution in [0.1, 0.15) is 38.3 Å². The minimum atomic E-state index is -4.53. The van der Waals surface area contributed by atoms with E-state index in [0.717, 1.165) is 10.4 Å². The van der Waals surface area contributed by atoms with E-state index in [2.05, 4.69) is 5.32 Å². The average Bonchev–Trinajstić information content (AvgIpc) is 2.99. The number of nitrogens with one attached hydrogen (secondary N) is 1. The number of nitro groups is 1. The number of halogens is 2. The molecule has 2 amide bonds. The molecule has 0 aliphatic heterocycles. The summed E-state index contributed by atoms with van der Waals surface area (Å²) in [6, 6.07) is 13.1. The Bertz CT molecular complexity index is 1630. The van der Waals surface area contributed by atoms with Crippen molar-refractivity contribution < 1.29 is 27.7 Å². The molecule has 3 rings (SSSR count). The molecule has 0 aromatic heterocycles. The summed E-state index contributed by atoms with van der Waals surface area (Å²) >= 11 is 12.3. The second-order valence-electron chi connectivity index (χ2n) is 10.2. The lowest BCUT2D eigenvalue weighted by Gasteiger charge is -2.32. The highest BCUT2D eigenvalue weighted by molar-refractivity contribution is 7.92. The summed E-state index contributed by atoms with van der Waals surface area (Å²) < 4.78 is 34.1. The second-order valence-corrected chi connectivity index (χ2v) is 12.9. The molecule has 2 atom stereocenters. The number of carbonyl (C=O) groups is 2. The lowest BCUT2D eigenvalue weighted by molar-refractivity contribution is -0.385. The number of hydrogen-bond donors (Lipinski definition) is 1. The van der Waals surface area contributed by atoms with E-state index in [0.29, 0.717) is 22.8 Å². The first-order valence-electron chi connectivity index (χ1n) is 13.6. The normalized spacial score (nSPS) is 12.6. The van der Waals surface area contributed by atoms with Crippen molar-refractivity contribution in [2.45, 2.75) is 57.6 Å². The van der Waals surface area contributed by atoms with Crippen molar-refractivity contribution in [3.05, 3.63) is 92.0 Å². The molecule has 0 bridgehead atoms. The van der Waals surface area contributed by atoms with Crippen LogP contribution in [0.5, 0.6) is 5.75 Å². The zero-order chi connectivity index (χ0) is 32.8. The van der Waals surface area contributed by atoms with Gasteiger partial charge in [0.2, 0.25) is 11.8 Å². The molecule has 0 radical (unpaired) electrons. The van der Waals surface area contributed by atoms with E-state index in [1.807, 2.05) is 13.8 Å². The summed E-state index contributed by atoms with van der Waals surface area (Å²) in [6.07, 6.45) is 0.658. The van der Waals surface area contributed by atoms with Gasteiger partial charge in [0.1, 0.15) is 18.3 Å². The van der Waals surface area contributed by atoms with E-state index in [1.54, 1.807) is 25.1 Å². The van der Waals surface area contributed by atoms with Gasteiger partial charge in [-0.05, 0) is 75.2 Å². The second kappa shape index (κ2) is 14.7. The molecule has 3 aromatic rings. The molecule has 44 heavy (non-hydrogen) atoms. The van der Waals surface area contributed by atoms with E-state index in [4.69, 9.17) is 27.9 Å². The maximum absolute atomic E-state index is 14.1. The fourth-order valence-electron chi connectivity index (χ4n) is 4.23. The Morgan fingerprint density at radius 1 is 1.02 bits per heavy atom. The molecule has 11 nitrogen and oxygen atoms in total. The number of hydrogen-bond acceptors (Lipinski definition) is 7. The summed E-state index contributed by atoms with van der Waals surface area (Å²) in [5.41, 5.74) is 0.552. The van der Waals surface area contributed by atoms with Crippen LogP contribution in [0.4, 0.5) is 11.4 Å². The van der Waals surface area contributed by atoms with E-state index in [1.165, 1.54) is 55.3 Å². The van der Waals surface area contributed by atoms with Gasteiger partial charge in [-0.25, -0.2) is 8.42 Å². The van der Waals surface area contributed by atoms with E-state index in [-0.39, 0.29) is 39.4 Å². The van der Waals surface area contributed by atoms with E-state index >= 15 is 0 Å². The predicted octanol–water partition coefficient (Wildman–Crippen LogP) is 5.75. The van der Waals surface area contributed by atoms with Crippen LogP contribution < -0.4 is 14.4 Å². The Kier molecular flexibility index (Phi) is 11.6. The molecule has 0 fully saturated rings. The molecular weight excluding hydrogens is 631 g/mol. The third-order valence-corrected chi connectivity index (χ3v) is 9.62. The quantitative estimate of drug-likeness (QED) is 0.181. The predicted molar refractivity (Wildman–Crippen MR) is 170 cm³/mol. The summed E-state index contributed by atoms with van der Waals surface area (Å²) in [6.45, 7) is 5.96. The van der Waals surface area contributed by atoms with Crippen molar-refractivity contribution >= 4 is 56.4 Å². The fraction of sp³-hybridized carbons (Fsp3) is 0.333. The lowest BCUT2D eigenvalue weighted by atomic mass is 10.1. The van der Waals surface area contributed by atoms with Crippen LogP contribution in [-0.4, -0.2) is 55.8 Å². The van der Waals surface area contributed by atoms with Crippen LogP contribution in [0.15, 0.2) is 65.6 Å². The number of aryl methyl sites for hydroxylation is 1. The van der Waals surface area contributed by atoms with Gasteiger partial charge < -0.3 is 15.0 Å². The molecule has 2 unspecified atom stereocenters. The van der Waals surface area contributed by atoms with Crippen molar-refractivity contribution in [3.63, 3.8) is 0 Å². The first kappa shape index (κ1) is 34.6. The van der Waals surface area contributed by atoms with Crippen molar-refractivity contribution in [1.29, 1.82) is 0 Å². The topological polar surface area (TPSA) is 139 Å². The number of ether oxygens (including phenoxy) is 1. The van der Waals surface area contributed by atoms with E-state index < -0.39 is 39.3 Å². The molecule has 14 heteroatoms. The smallest absolute Gasteiger partial charge is 0.273 e. The van der Waals surface area contributed by atoms with Crippen LogP contribution in [0, 0.1) is 17.0 Å². The zero-order valence-corrected chi connectivity index (χ0v) is 27.2. The van der Waals surface area contributed by atoms with Crippen LogP contribution in [-0.2, 0) is 26.2 Å². The molecular formula is C30H34Cl2N4O7S. The monoisotopic (exact) mass is 664 g/mol. The van der Waals surface area contributed by atoms with Gasteiger partial charge in [-0.1, -0.05) is 42.3 Å². The summed E-state index contributed by atoms with van der Waals surface area (Å²) in [7, 11) is -3.08. The van der Waals surface area contributed by atoms with Crippen LogP contribution in [0.25, 0.3) is 0 Å². The largest absolute Gasteiger partial charge is 0.497 e. The van der Waals surface area contributed by atoms with Gasteiger partial charge in [0, 0.05) is 24.2 Å². The molecule has 1 N–H and O–H groups in total. The number of benzene rings is 3. The molecule has 0 aliphatic carbocycles. The maximum atomic E-state index is 14.1. The third kappa shape index (κ3) is 8.19. The van der Waals surface area contributed by atoms with E-state index in [9.17, 15) is 28.1 Å². The van der Waals surface area contributed by atoms with Gasteiger partial charge in [-0.3, -0.25) is 24.0 Å². The SMILES string of the molecule is CCC(C)NC(=O)C(C)N(Cc1ccc(Cl)c(Cl)c1)C(=O)CN(c1ccc(OC)cc1)S(=O)(=O)c1ccc(C)c([N+](=O)[O-])c1. The van der Waals surface area contributed by atoms with Crippen molar-refractivity contribution in [3.8, 4) is 5.75 Å². The van der Waals surface area contributed by atoms with Crippen molar-refractivity contribution in [2.24, 2.45) is 0 Å². The molecule has 0 saturated carbocycles. The highest BCUT2D eigenvalue weighted by Crippen LogP contribution is 2.30. The molecule has 0 saturated heterocycles. The summed E-state index contributed by atoms with van der Waals surface area (Å²) in [4.78, 5) is 39.0. The number of methoxy groups -OCH3 is 1. The highest BCUT2D eigenvalue weighted by atomic mass is 35.5. The van der Waals surface area contributed by atoms with Gasteiger partial charge in [-0.15, -0.1) is 0 Å². The number of anilines is 1. The lowest BCUT2D eigenvalue weighted by Crippen LogP contribution is -2.52. The number of amides is 2. The van der Waals surface area contributed by atoms with Gasteiger partial charge in [0.05, 0.1) is 32.7 Å². The minimum Gasteiger partial charge on any atom is -0.497 e. The van der Waals surface area contributed by atoms with Crippen LogP contribution >= 0.6 is 23.2 Å². The van der Waals surface area contributed by atoms with Crippen molar-refractivity contribution in [1.82, 2.24) is 10.2 Å². The van der Waals surface area contributed by atoms with Crippen LogP contribution in [0.3, 0.4) is 0 Å². The number of nitro benzene ring substituents is 1. The molecule has 0 heterocycles. The fourth-order valence-corrected chi connectivity index (χ4v) is 5.99. The van der Waals surface area contributed by atoms with Gasteiger partial charge in [0.15, 0.2) is 0 Å². The summed E-state index contributed by atoms with van der Waals surface area (Å²) in [5.74, 6) is -0.690. The first-order chi connectivity index (χ1) is 20.7. The van der Waals surface area contributed by atoms with Gasteiger partial charge >= 0.3 is 0 Å². The number of carbonyl (C=O) groups excluding carboxylic acids is 2. The molecule has 0 spiro atoms. The highest BCUT2D eigenvalue weighted by Gasteiger charge is 2.33. The number of nitrogens with zero attached hydrogens (tertiary/aromatic N) is 3. The zero-order valence-electron chi connectivity index (χ0n) is 24.9. The summed E-state index contributed by atoms with van der Waals surface area (Å²) in [5, 5.41) is 15.0. The van der Waals surface area contributed by atoms with Gasteiger partial charge in [0.25, 0.3) is 15.7 Å². The van der Waals surface area contributed by atoms with Gasteiger partial charge in [-0.2, -0.15) is 0 Å². The third-order valence-electron chi connectivity index (χ3n) is 7.11. The average molecular weight is 666 g/mol. The standard InChI is InChI=1S/C30H34Cl2N4O7S/c1-6-20(3)33-30(38)21(4)34(17-22-8-14-26(31)27(32)15-22)29(37)18-35(23-9-11-24(43-5)12-10-23)44(41,42)25-13-7-19(2)28(16-25)36(39)40/h7-16,20-21H,6,17-18H2,1-5H3,(H,33,38). The Labute approximate surface area is 266 Å². The molecule has 236 valence electrons. The maximum Gasteiger partial charge on any atom is 0.273 e. The minimum absolute atomic E-state index is 0.0860. The molecule has 0 aliphatic rings. The number of sulfonamides is 1. The molecule has 3 aromatic carbocycles. The Morgan fingerprint density at radius 3 is 2.25 bits per heavy atom. The van der Waals surface area contributed by atoms with Crippen molar-refractivity contribution in [2.75, 3.05) is 18.0 Å². The Balaban J connectivity index is 2.10. The number of rotatable bonds is 13. The Morgan fingerprint density at radius 2 is 1.68 bits per heavy atom. The Hall–Kier alpha value is -3.87. The first-order valence-corrected chi connectivity index (χ1v) is 15.8.